The topological polar surface area (TPSA) is 25.2 Å². The third kappa shape index (κ3) is 3.11. The molecule has 0 fully saturated rings. The minimum absolute atomic E-state index is 0.0432. The molecule has 0 spiro atoms. The number of hydrogen-bond donors (Lipinski definition) is 1. The minimum atomic E-state index is -0.0432. The summed E-state index contributed by atoms with van der Waals surface area (Å²) >= 11 is 6.11. The number of benzene rings is 2. The molecule has 0 saturated heterocycles. The SMILES string of the molecule is Cc1ccc(Cl)cc1NC(c1ccccc1)c1ccco1. The molecule has 3 rings (SSSR count). The van der Waals surface area contributed by atoms with Crippen LogP contribution >= 0.6 is 11.6 Å². The van der Waals surface area contributed by atoms with Gasteiger partial charge in [0.15, 0.2) is 0 Å². The van der Waals surface area contributed by atoms with E-state index < -0.39 is 0 Å². The van der Waals surface area contributed by atoms with E-state index in [1.165, 1.54) is 0 Å². The second-order valence-corrected chi connectivity index (χ2v) is 5.40. The number of rotatable bonds is 4. The highest BCUT2D eigenvalue weighted by Crippen LogP contribution is 2.29. The van der Waals surface area contributed by atoms with Crippen molar-refractivity contribution in [3.8, 4) is 0 Å². The van der Waals surface area contributed by atoms with Gasteiger partial charge >= 0.3 is 0 Å². The standard InChI is InChI=1S/C18H16ClNO/c1-13-9-10-15(19)12-16(13)20-18(17-8-5-11-21-17)14-6-3-2-4-7-14/h2-12,18,20H,1H3. The summed E-state index contributed by atoms with van der Waals surface area (Å²) < 4.78 is 5.60. The maximum absolute atomic E-state index is 6.11. The molecule has 0 aliphatic carbocycles. The van der Waals surface area contributed by atoms with Crippen LogP contribution in [0.3, 0.4) is 0 Å². The lowest BCUT2D eigenvalue weighted by Gasteiger charge is -2.20. The molecule has 0 amide bonds. The van der Waals surface area contributed by atoms with Gasteiger partial charge in [0.1, 0.15) is 11.8 Å². The number of furan rings is 1. The van der Waals surface area contributed by atoms with Crippen molar-refractivity contribution in [3.63, 3.8) is 0 Å². The fraction of sp³-hybridized carbons (Fsp3) is 0.111. The summed E-state index contributed by atoms with van der Waals surface area (Å²) in [6.07, 6.45) is 1.69. The summed E-state index contributed by atoms with van der Waals surface area (Å²) in [6.45, 7) is 2.06. The zero-order valence-corrected chi connectivity index (χ0v) is 12.5. The van der Waals surface area contributed by atoms with Gasteiger partial charge in [-0.05, 0) is 42.3 Å². The Labute approximate surface area is 129 Å². The van der Waals surface area contributed by atoms with Gasteiger partial charge in [-0.25, -0.2) is 0 Å². The van der Waals surface area contributed by atoms with Crippen LogP contribution < -0.4 is 5.32 Å². The molecule has 1 N–H and O–H groups in total. The largest absolute Gasteiger partial charge is 0.467 e. The number of aryl methyl sites for hydroxylation is 1. The van der Waals surface area contributed by atoms with Gasteiger partial charge in [-0.15, -0.1) is 0 Å². The van der Waals surface area contributed by atoms with E-state index in [4.69, 9.17) is 16.0 Å². The predicted molar refractivity (Wildman–Crippen MR) is 86.8 cm³/mol. The molecular weight excluding hydrogens is 282 g/mol. The van der Waals surface area contributed by atoms with Crippen LogP contribution in [0.4, 0.5) is 5.69 Å². The van der Waals surface area contributed by atoms with Crippen molar-refractivity contribution in [1.29, 1.82) is 0 Å². The molecule has 0 radical (unpaired) electrons. The Bertz CT molecular complexity index is 707. The molecule has 2 nitrogen and oxygen atoms in total. The summed E-state index contributed by atoms with van der Waals surface area (Å²) in [6, 6.07) is 19.9. The molecule has 106 valence electrons. The number of halogens is 1. The highest BCUT2D eigenvalue weighted by molar-refractivity contribution is 6.30. The molecule has 0 saturated carbocycles. The van der Waals surface area contributed by atoms with Crippen LogP contribution in [0.1, 0.15) is 22.9 Å². The van der Waals surface area contributed by atoms with Gasteiger partial charge in [0.2, 0.25) is 0 Å². The second kappa shape index (κ2) is 6.06. The van der Waals surface area contributed by atoms with Crippen molar-refractivity contribution in [2.75, 3.05) is 5.32 Å². The van der Waals surface area contributed by atoms with Crippen LogP contribution in [0.25, 0.3) is 0 Å². The summed E-state index contributed by atoms with van der Waals surface area (Å²) in [7, 11) is 0. The first kappa shape index (κ1) is 13.8. The first-order chi connectivity index (χ1) is 10.2. The Morgan fingerprint density at radius 1 is 1.00 bits per heavy atom. The van der Waals surface area contributed by atoms with Gasteiger partial charge < -0.3 is 9.73 Å². The van der Waals surface area contributed by atoms with Gasteiger partial charge in [0, 0.05) is 10.7 Å². The smallest absolute Gasteiger partial charge is 0.130 e. The van der Waals surface area contributed by atoms with Crippen LogP contribution in [-0.4, -0.2) is 0 Å². The third-order valence-electron chi connectivity index (χ3n) is 3.46. The van der Waals surface area contributed by atoms with Crippen molar-refractivity contribution < 1.29 is 4.42 Å². The molecule has 21 heavy (non-hydrogen) atoms. The van der Waals surface area contributed by atoms with Gasteiger partial charge in [0.05, 0.1) is 6.26 Å². The molecule has 3 heteroatoms. The number of hydrogen-bond acceptors (Lipinski definition) is 2. The second-order valence-electron chi connectivity index (χ2n) is 4.96. The minimum Gasteiger partial charge on any atom is -0.467 e. The predicted octanol–water partition coefficient (Wildman–Crippen LogP) is 5.44. The van der Waals surface area contributed by atoms with Gasteiger partial charge in [-0.2, -0.15) is 0 Å². The fourth-order valence-corrected chi connectivity index (χ4v) is 2.50. The Balaban J connectivity index is 1.99. The fourth-order valence-electron chi connectivity index (χ4n) is 2.32. The molecule has 0 bridgehead atoms. The van der Waals surface area contributed by atoms with E-state index >= 15 is 0 Å². The Morgan fingerprint density at radius 2 is 1.81 bits per heavy atom. The zero-order chi connectivity index (χ0) is 14.7. The van der Waals surface area contributed by atoms with E-state index in [9.17, 15) is 0 Å². The summed E-state index contributed by atoms with van der Waals surface area (Å²) in [5.41, 5.74) is 3.30. The molecule has 1 heterocycles. The average molecular weight is 298 g/mol. The monoisotopic (exact) mass is 297 g/mol. The van der Waals surface area contributed by atoms with Gasteiger partial charge in [-0.1, -0.05) is 48.0 Å². The van der Waals surface area contributed by atoms with Crippen LogP contribution in [0.15, 0.2) is 71.3 Å². The maximum atomic E-state index is 6.11. The summed E-state index contributed by atoms with van der Waals surface area (Å²) in [5.74, 6) is 0.876. The molecule has 1 aromatic heterocycles. The van der Waals surface area contributed by atoms with E-state index in [0.29, 0.717) is 5.02 Å². The van der Waals surface area contributed by atoms with Crippen molar-refractivity contribution >= 4 is 17.3 Å². The van der Waals surface area contributed by atoms with Crippen LogP contribution in [-0.2, 0) is 0 Å². The Morgan fingerprint density at radius 3 is 2.52 bits per heavy atom. The highest BCUT2D eigenvalue weighted by atomic mass is 35.5. The molecular formula is C18H16ClNO. The lowest BCUT2D eigenvalue weighted by Crippen LogP contribution is -2.12. The average Bonchev–Trinajstić information content (AvgIpc) is 3.03. The molecule has 1 atom stereocenters. The van der Waals surface area contributed by atoms with Crippen molar-refractivity contribution in [1.82, 2.24) is 0 Å². The maximum Gasteiger partial charge on any atom is 0.130 e. The molecule has 0 aliphatic rings. The van der Waals surface area contributed by atoms with Crippen molar-refractivity contribution in [3.05, 3.63) is 88.8 Å². The third-order valence-corrected chi connectivity index (χ3v) is 3.70. The van der Waals surface area contributed by atoms with E-state index in [2.05, 4.69) is 24.4 Å². The summed E-state index contributed by atoms with van der Waals surface area (Å²) in [4.78, 5) is 0. The van der Waals surface area contributed by atoms with Gasteiger partial charge in [-0.3, -0.25) is 0 Å². The zero-order valence-electron chi connectivity index (χ0n) is 11.7. The lowest BCUT2D eigenvalue weighted by atomic mass is 10.0. The van der Waals surface area contributed by atoms with E-state index in [1.54, 1.807) is 6.26 Å². The van der Waals surface area contributed by atoms with E-state index in [1.807, 2.05) is 48.5 Å². The Kier molecular flexibility index (Phi) is 3.98. The lowest BCUT2D eigenvalue weighted by molar-refractivity contribution is 0.499. The van der Waals surface area contributed by atoms with Gasteiger partial charge in [0.25, 0.3) is 0 Å². The van der Waals surface area contributed by atoms with Crippen LogP contribution in [0.5, 0.6) is 0 Å². The first-order valence-corrected chi connectivity index (χ1v) is 7.23. The number of nitrogens with one attached hydrogen (secondary N) is 1. The molecule has 3 aromatic rings. The van der Waals surface area contributed by atoms with Crippen molar-refractivity contribution in [2.45, 2.75) is 13.0 Å². The van der Waals surface area contributed by atoms with Crippen molar-refractivity contribution in [2.24, 2.45) is 0 Å². The normalized spacial score (nSPS) is 12.1. The molecule has 0 aliphatic heterocycles. The number of anilines is 1. The molecule has 1 unspecified atom stereocenters. The Hall–Kier alpha value is -2.19. The highest BCUT2D eigenvalue weighted by Gasteiger charge is 2.17. The quantitative estimate of drug-likeness (QED) is 0.693. The molecule has 2 aromatic carbocycles. The van der Waals surface area contributed by atoms with Crippen LogP contribution in [0, 0.1) is 6.92 Å². The van der Waals surface area contributed by atoms with E-state index in [0.717, 1.165) is 22.6 Å². The summed E-state index contributed by atoms with van der Waals surface area (Å²) in [5, 5.41) is 4.25. The first-order valence-electron chi connectivity index (χ1n) is 6.85. The van der Waals surface area contributed by atoms with Crippen LogP contribution in [0.2, 0.25) is 5.02 Å². The van der Waals surface area contributed by atoms with E-state index in [-0.39, 0.29) is 6.04 Å².